The molecular formula is C16H16FNO2. The van der Waals surface area contributed by atoms with E-state index >= 15 is 0 Å². The van der Waals surface area contributed by atoms with Crippen LogP contribution in [0.15, 0.2) is 48.5 Å². The predicted octanol–water partition coefficient (Wildman–Crippen LogP) is 3.20. The summed E-state index contributed by atoms with van der Waals surface area (Å²) in [6, 6.07) is 13.8. The summed E-state index contributed by atoms with van der Waals surface area (Å²) in [6.45, 7) is 0.252. The van der Waals surface area contributed by atoms with Gasteiger partial charge in [0.1, 0.15) is 5.82 Å². The van der Waals surface area contributed by atoms with Crippen molar-refractivity contribution in [3.8, 4) is 0 Å². The van der Waals surface area contributed by atoms with Crippen molar-refractivity contribution in [3.63, 3.8) is 0 Å². The van der Waals surface area contributed by atoms with E-state index in [1.54, 1.807) is 0 Å². The standard InChI is InChI=1S/C16H16FNO2/c17-15-9-8-13(18)11-14(15)16(19)20-10-4-7-12-5-2-1-3-6-12/h1-3,5-6,8-9,11H,4,7,10,18H2. The highest BCUT2D eigenvalue weighted by atomic mass is 19.1. The largest absolute Gasteiger partial charge is 0.462 e. The number of anilines is 1. The summed E-state index contributed by atoms with van der Waals surface area (Å²) in [5.41, 5.74) is 6.92. The van der Waals surface area contributed by atoms with Crippen LogP contribution in [0.2, 0.25) is 0 Å². The zero-order valence-corrected chi connectivity index (χ0v) is 11.0. The number of esters is 1. The second-order valence-corrected chi connectivity index (χ2v) is 4.46. The molecule has 104 valence electrons. The minimum atomic E-state index is -0.678. The summed E-state index contributed by atoms with van der Waals surface area (Å²) in [5, 5.41) is 0. The molecule has 0 aliphatic heterocycles. The van der Waals surface area contributed by atoms with Crippen molar-refractivity contribution in [2.24, 2.45) is 0 Å². The third-order valence-electron chi connectivity index (χ3n) is 2.90. The quantitative estimate of drug-likeness (QED) is 0.517. The van der Waals surface area contributed by atoms with Gasteiger partial charge in [-0.3, -0.25) is 0 Å². The van der Waals surface area contributed by atoms with Crippen LogP contribution in [0.4, 0.5) is 10.1 Å². The predicted molar refractivity (Wildman–Crippen MR) is 75.9 cm³/mol. The Labute approximate surface area is 117 Å². The monoisotopic (exact) mass is 273 g/mol. The molecule has 0 heterocycles. The zero-order chi connectivity index (χ0) is 14.4. The van der Waals surface area contributed by atoms with Gasteiger partial charge in [-0.1, -0.05) is 30.3 Å². The number of carbonyl (C=O) groups excluding carboxylic acids is 1. The van der Waals surface area contributed by atoms with Crippen LogP contribution in [0.1, 0.15) is 22.3 Å². The van der Waals surface area contributed by atoms with Crippen molar-refractivity contribution >= 4 is 11.7 Å². The Hall–Kier alpha value is -2.36. The van der Waals surface area contributed by atoms with Crippen LogP contribution in [-0.4, -0.2) is 12.6 Å². The minimum absolute atomic E-state index is 0.121. The Bertz CT molecular complexity index is 584. The number of rotatable bonds is 5. The SMILES string of the molecule is Nc1ccc(F)c(C(=O)OCCCc2ccccc2)c1. The molecule has 0 amide bonds. The molecule has 20 heavy (non-hydrogen) atoms. The number of aryl methyl sites for hydroxylation is 1. The molecule has 4 heteroatoms. The Balaban J connectivity index is 1.82. The molecule has 2 N–H and O–H groups in total. The lowest BCUT2D eigenvalue weighted by Gasteiger charge is -2.06. The molecule has 2 aromatic rings. The summed E-state index contributed by atoms with van der Waals surface area (Å²) >= 11 is 0. The van der Waals surface area contributed by atoms with Gasteiger partial charge in [0.05, 0.1) is 12.2 Å². The first-order valence-corrected chi connectivity index (χ1v) is 6.43. The zero-order valence-electron chi connectivity index (χ0n) is 11.0. The summed E-state index contributed by atoms with van der Waals surface area (Å²) < 4.78 is 18.5. The van der Waals surface area contributed by atoms with Crippen molar-refractivity contribution in [2.75, 3.05) is 12.3 Å². The Morgan fingerprint density at radius 3 is 2.65 bits per heavy atom. The molecule has 0 saturated carbocycles. The van der Waals surface area contributed by atoms with E-state index in [-0.39, 0.29) is 12.2 Å². The highest BCUT2D eigenvalue weighted by Crippen LogP contribution is 2.13. The number of ether oxygens (including phenoxy) is 1. The van der Waals surface area contributed by atoms with Crippen molar-refractivity contribution in [3.05, 3.63) is 65.5 Å². The number of hydrogen-bond donors (Lipinski definition) is 1. The van der Waals surface area contributed by atoms with Gasteiger partial charge in [-0.15, -0.1) is 0 Å². The Kier molecular flexibility index (Phi) is 4.71. The molecule has 0 bridgehead atoms. The number of hydrogen-bond acceptors (Lipinski definition) is 3. The van der Waals surface area contributed by atoms with Crippen LogP contribution in [0, 0.1) is 5.82 Å². The van der Waals surface area contributed by atoms with Crippen molar-refractivity contribution < 1.29 is 13.9 Å². The number of halogens is 1. The van der Waals surface area contributed by atoms with Crippen LogP contribution in [0.25, 0.3) is 0 Å². The van der Waals surface area contributed by atoms with E-state index in [1.165, 1.54) is 17.7 Å². The van der Waals surface area contributed by atoms with Gasteiger partial charge >= 0.3 is 5.97 Å². The van der Waals surface area contributed by atoms with Gasteiger partial charge in [0.15, 0.2) is 0 Å². The fraction of sp³-hybridized carbons (Fsp3) is 0.188. The third kappa shape index (κ3) is 3.82. The van der Waals surface area contributed by atoms with Gasteiger partial charge in [-0.2, -0.15) is 0 Å². The van der Waals surface area contributed by atoms with Gasteiger partial charge in [-0.05, 0) is 36.6 Å². The van der Waals surface area contributed by atoms with E-state index < -0.39 is 11.8 Å². The minimum Gasteiger partial charge on any atom is -0.462 e. The second-order valence-electron chi connectivity index (χ2n) is 4.46. The fourth-order valence-corrected chi connectivity index (χ4v) is 1.86. The average Bonchev–Trinajstić information content (AvgIpc) is 2.47. The molecular weight excluding hydrogens is 257 g/mol. The molecule has 0 fully saturated rings. The maximum absolute atomic E-state index is 13.4. The molecule has 3 nitrogen and oxygen atoms in total. The molecule has 2 aromatic carbocycles. The third-order valence-corrected chi connectivity index (χ3v) is 2.90. The van der Waals surface area contributed by atoms with Gasteiger partial charge in [0, 0.05) is 5.69 Å². The normalized spacial score (nSPS) is 10.2. The second kappa shape index (κ2) is 6.70. The van der Waals surface area contributed by atoms with Gasteiger partial charge in [0.25, 0.3) is 0 Å². The van der Waals surface area contributed by atoms with Gasteiger partial charge in [-0.25, -0.2) is 9.18 Å². The van der Waals surface area contributed by atoms with Crippen LogP contribution in [0.3, 0.4) is 0 Å². The van der Waals surface area contributed by atoms with E-state index in [0.29, 0.717) is 12.1 Å². The first-order chi connectivity index (χ1) is 9.66. The fourth-order valence-electron chi connectivity index (χ4n) is 1.86. The van der Waals surface area contributed by atoms with E-state index in [0.717, 1.165) is 12.5 Å². The topological polar surface area (TPSA) is 52.3 Å². The molecule has 0 spiro atoms. The molecule has 0 saturated heterocycles. The lowest BCUT2D eigenvalue weighted by atomic mass is 10.1. The smallest absolute Gasteiger partial charge is 0.341 e. The van der Waals surface area contributed by atoms with Crippen molar-refractivity contribution in [2.45, 2.75) is 12.8 Å². The Morgan fingerprint density at radius 1 is 1.15 bits per heavy atom. The van der Waals surface area contributed by atoms with Gasteiger partial charge < -0.3 is 10.5 Å². The van der Waals surface area contributed by atoms with Crippen molar-refractivity contribution in [1.29, 1.82) is 0 Å². The number of benzene rings is 2. The summed E-state index contributed by atoms with van der Waals surface area (Å²) in [4.78, 5) is 11.7. The number of nitrogen functional groups attached to an aromatic ring is 1. The number of carbonyl (C=O) groups is 1. The molecule has 0 aliphatic rings. The Morgan fingerprint density at radius 2 is 1.90 bits per heavy atom. The molecule has 0 unspecified atom stereocenters. The van der Waals surface area contributed by atoms with Crippen LogP contribution in [0.5, 0.6) is 0 Å². The summed E-state index contributed by atoms with van der Waals surface area (Å²) in [6.07, 6.45) is 1.51. The highest BCUT2D eigenvalue weighted by molar-refractivity contribution is 5.90. The lowest BCUT2D eigenvalue weighted by molar-refractivity contribution is 0.0495. The molecule has 0 atom stereocenters. The van der Waals surface area contributed by atoms with E-state index in [4.69, 9.17) is 10.5 Å². The highest BCUT2D eigenvalue weighted by Gasteiger charge is 2.13. The first kappa shape index (κ1) is 14.1. The molecule has 0 aliphatic carbocycles. The molecule has 0 aromatic heterocycles. The maximum atomic E-state index is 13.4. The maximum Gasteiger partial charge on any atom is 0.341 e. The molecule has 0 radical (unpaired) electrons. The average molecular weight is 273 g/mol. The number of nitrogens with two attached hydrogens (primary N) is 1. The van der Waals surface area contributed by atoms with Crippen LogP contribution < -0.4 is 5.73 Å². The van der Waals surface area contributed by atoms with E-state index in [9.17, 15) is 9.18 Å². The van der Waals surface area contributed by atoms with Gasteiger partial charge in [0.2, 0.25) is 0 Å². The van der Waals surface area contributed by atoms with Crippen molar-refractivity contribution in [1.82, 2.24) is 0 Å². The van der Waals surface area contributed by atoms with E-state index in [2.05, 4.69) is 0 Å². The lowest BCUT2D eigenvalue weighted by Crippen LogP contribution is -2.09. The van der Waals surface area contributed by atoms with Crippen LogP contribution >= 0.6 is 0 Å². The summed E-state index contributed by atoms with van der Waals surface area (Å²) in [7, 11) is 0. The van der Waals surface area contributed by atoms with Crippen LogP contribution in [-0.2, 0) is 11.2 Å². The first-order valence-electron chi connectivity index (χ1n) is 6.43. The summed E-state index contributed by atoms with van der Waals surface area (Å²) in [5.74, 6) is -1.30. The molecule has 2 rings (SSSR count). The van der Waals surface area contributed by atoms with E-state index in [1.807, 2.05) is 30.3 Å².